The van der Waals surface area contributed by atoms with Gasteiger partial charge < -0.3 is 4.98 Å². The van der Waals surface area contributed by atoms with Gasteiger partial charge in [-0.05, 0) is 12.1 Å². The van der Waals surface area contributed by atoms with Crippen LogP contribution in [0, 0.1) is 0 Å². The highest BCUT2D eigenvalue weighted by Gasteiger charge is 1.85. The average Bonchev–Trinajstić information content (AvgIpc) is 2.39. The monoisotopic (exact) mass is 151 g/mol. The van der Waals surface area contributed by atoms with E-state index >= 15 is 0 Å². The van der Waals surface area contributed by atoms with E-state index in [1.807, 2.05) is 12.1 Å². The lowest BCUT2D eigenvalue weighted by Crippen LogP contribution is -2.12. The summed E-state index contributed by atoms with van der Waals surface area (Å²) in [7, 11) is 0. The normalized spacial score (nSPS) is 10.3. The Morgan fingerprint density at radius 2 is 2.64 bits per heavy atom. The van der Waals surface area contributed by atoms with Crippen molar-refractivity contribution in [3.8, 4) is 0 Å². The first-order valence-corrected chi connectivity index (χ1v) is 3.22. The highest BCUT2D eigenvalue weighted by Crippen LogP contribution is 1.87. The standard InChI is InChI=1S/C7H9N3O/c1-6(11)10-9-5-7-3-2-4-8-7/h2-5,8H,1H3,(H,10,11)/b9-5+. The zero-order valence-electron chi connectivity index (χ0n) is 6.16. The first kappa shape index (κ1) is 7.53. The lowest BCUT2D eigenvalue weighted by molar-refractivity contribution is -0.118. The van der Waals surface area contributed by atoms with Gasteiger partial charge in [0.25, 0.3) is 0 Å². The molecule has 0 radical (unpaired) electrons. The van der Waals surface area contributed by atoms with Gasteiger partial charge in [-0.25, -0.2) is 5.43 Å². The minimum absolute atomic E-state index is 0.173. The summed E-state index contributed by atoms with van der Waals surface area (Å²) in [5, 5.41) is 3.66. The summed E-state index contributed by atoms with van der Waals surface area (Å²) < 4.78 is 0. The third kappa shape index (κ3) is 2.66. The van der Waals surface area contributed by atoms with Gasteiger partial charge in [0.2, 0.25) is 5.91 Å². The van der Waals surface area contributed by atoms with E-state index < -0.39 is 0 Å². The molecule has 0 fully saturated rings. The fraction of sp³-hybridized carbons (Fsp3) is 0.143. The predicted molar refractivity (Wildman–Crippen MR) is 42.2 cm³/mol. The highest BCUT2D eigenvalue weighted by atomic mass is 16.2. The third-order valence-electron chi connectivity index (χ3n) is 1.05. The number of hydrazone groups is 1. The van der Waals surface area contributed by atoms with E-state index in [9.17, 15) is 4.79 Å². The molecule has 0 aliphatic heterocycles. The molecule has 1 aromatic rings. The molecule has 0 saturated carbocycles. The molecule has 1 amide bonds. The maximum Gasteiger partial charge on any atom is 0.236 e. The van der Waals surface area contributed by atoms with Crippen LogP contribution >= 0.6 is 0 Å². The topological polar surface area (TPSA) is 57.2 Å². The molecule has 0 aromatic carbocycles. The molecular formula is C7H9N3O. The van der Waals surface area contributed by atoms with Crippen LogP contribution in [0.2, 0.25) is 0 Å². The molecule has 2 N–H and O–H groups in total. The van der Waals surface area contributed by atoms with Crippen LogP contribution in [0.1, 0.15) is 12.6 Å². The molecule has 1 rings (SSSR count). The number of carbonyl (C=O) groups excluding carboxylic acids is 1. The molecule has 0 spiro atoms. The quantitative estimate of drug-likeness (QED) is 0.469. The second-order valence-corrected chi connectivity index (χ2v) is 2.05. The highest BCUT2D eigenvalue weighted by molar-refractivity contribution is 5.79. The Bertz CT molecular complexity index is 251. The smallest absolute Gasteiger partial charge is 0.236 e. The van der Waals surface area contributed by atoms with Crippen molar-refractivity contribution in [3.05, 3.63) is 24.0 Å². The Balaban J connectivity index is 2.43. The second-order valence-electron chi connectivity index (χ2n) is 2.05. The van der Waals surface area contributed by atoms with E-state index in [0.29, 0.717) is 0 Å². The Hall–Kier alpha value is -1.58. The zero-order valence-corrected chi connectivity index (χ0v) is 6.16. The molecule has 1 aromatic heterocycles. The fourth-order valence-corrected chi connectivity index (χ4v) is 0.617. The van der Waals surface area contributed by atoms with Crippen molar-refractivity contribution in [1.82, 2.24) is 10.4 Å². The molecular weight excluding hydrogens is 142 g/mol. The molecule has 1 heterocycles. The van der Waals surface area contributed by atoms with Crippen LogP contribution in [-0.2, 0) is 4.79 Å². The number of nitrogens with zero attached hydrogens (tertiary/aromatic N) is 1. The van der Waals surface area contributed by atoms with Crippen molar-refractivity contribution in [2.45, 2.75) is 6.92 Å². The number of hydrogen-bond donors (Lipinski definition) is 2. The maximum absolute atomic E-state index is 10.3. The summed E-state index contributed by atoms with van der Waals surface area (Å²) in [5.74, 6) is -0.173. The molecule has 58 valence electrons. The number of aromatic nitrogens is 1. The number of aromatic amines is 1. The molecule has 0 unspecified atom stereocenters. The first-order valence-electron chi connectivity index (χ1n) is 3.22. The number of nitrogens with one attached hydrogen (secondary N) is 2. The van der Waals surface area contributed by atoms with Crippen molar-refractivity contribution >= 4 is 12.1 Å². The molecule has 11 heavy (non-hydrogen) atoms. The van der Waals surface area contributed by atoms with Crippen LogP contribution < -0.4 is 5.43 Å². The van der Waals surface area contributed by atoms with Crippen LogP contribution in [0.5, 0.6) is 0 Å². The van der Waals surface area contributed by atoms with Gasteiger partial charge in [0.05, 0.1) is 11.9 Å². The lowest BCUT2D eigenvalue weighted by atomic mass is 10.5. The number of H-pyrrole nitrogens is 1. The van der Waals surface area contributed by atoms with Crippen molar-refractivity contribution in [3.63, 3.8) is 0 Å². The Kier molecular flexibility index (Phi) is 2.43. The van der Waals surface area contributed by atoms with Crippen molar-refractivity contribution in [2.24, 2.45) is 5.10 Å². The molecule has 0 aliphatic carbocycles. The SMILES string of the molecule is CC(=O)N/N=C/c1ccc[nH]1. The Morgan fingerprint density at radius 3 is 3.18 bits per heavy atom. The van der Waals surface area contributed by atoms with Crippen LogP contribution in [0.25, 0.3) is 0 Å². The molecule has 0 atom stereocenters. The van der Waals surface area contributed by atoms with E-state index in [-0.39, 0.29) is 5.91 Å². The minimum Gasteiger partial charge on any atom is -0.360 e. The third-order valence-corrected chi connectivity index (χ3v) is 1.05. The van der Waals surface area contributed by atoms with E-state index in [4.69, 9.17) is 0 Å². The average molecular weight is 151 g/mol. The van der Waals surface area contributed by atoms with Crippen LogP contribution in [0.15, 0.2) is 23.4 Å². The number of hydrogen-bond acceptors (Lipinski definition) is 2. The number of rotatable bonds is 2. The molecule has 0 saturated heterocycles. The van der Waals surface area contributed by atoms with Crippen LogP contribution in [-0.4, -0.2) is 17.1 Å². The van der Waals surface area contributed by atoms with E-state index in [1.54, 1.807) is 12.4 Å². The summed E-state index contributed by atoms with van der Waals surface area (Å²) >= 11 is 0. The van der Waals surface area contributed by atoms with Crippen molar-refractivity contribution in [2.75, 3.05) is 0 Å². The van der Waals surface area contributed by atoms with Crippen molar-refractivity contribution < 1.29 is 4.79 Å². The molecule has 0 bridgehead atoms. The van der Waals surface area contributed by atoms with Gasteiger partial charge in [0, 0.05) is 13.1 Å². The first-order chi connectivity index (χ1) is 5.29. The van der Waals surface area contributed by atoms with Gasteiger partial charge in [0.15, 0.2) is 0 Å². The van der Waals surface area contributed by atoms with Gasteiger partial charge in [0.1, 0.15) is 0 Å². The van der Waals surface area contributed by atoms with Gasteiger partial charge >= 0.3 is 0 Å². The summed E-state index contributed by atoms with van der Waals surface area (Å²) in [6.45, 7) is 1.41. The largest absolute Gasteiger partial charge is 0.360 e. The summed E-state index contributed by atoms with van der Waals surface area (Å²) in [6, 6.07) is 3.71. The number of amides is 1. The minimum atomic E-state index is -0.173. The van der Waals surface area contributed by atoms with Gasteiger partial charge in [-0.2, -0.15) is 5.10 Å². The van der Waals surface area contributed by atoms with Gasteiger partial charge in [-0.1, -0.05) is 0 Å². The summed E-state index contributed by atoms with van der Waals surface area (Å²) in [4.78, 5) is 13.2. The van der Waals surface area contributed by atoms with E-state index in [1.165, 1.54) is 6.92 Å². The summed E-state index contributed by atoms with van der Waals surface area (Å²) in [6.07, 6.45) is 3.33. The molecule has 0 aliphatic rings. The van der Waals surface area contributed by atoms with E-state index in [0.717, 1.165) is 5.69 Å². The number of carbonyl (C=O) groups is 1. The predicted octanol–water partition coefficient (Wildman–Crippen LogP) is 0.485. The molecule has 4 heteroatoms. The van der Waals surface area contributed by atoms with Crippen molar-refractivity contribution in [1.29, 1.82) is 0 Å². The Morgan fingerprint density at radius 1 is 1.82 bits per heavy atom. The Labute approximate surface area is 64.3 Å². The lowest BCUT2D eigenvalue weighted by Gasteiger charge is -1.88. The van der Waals surface area contributed by atoms with E-state index in [2.05, 4.69) is 15.5 Å². The second kappa shape index (κ2) is 3.55. The molecule has 4 nitrogen and oxygen atoms in total. The summed E-state index contributed by atoms with van der Waals surface area (Å²) in [5.41, 5.74) is 3.15. The van der Waals surface area contributed by atoms with Crippen LogP contribution in [0.3, 0.4) is 0 Å². The van der Waals surface area contributed by atoms with Gasteiger partial charge in [-0.3, -0.25) is 4.79 Å². The van der Waals surface area contributed by atoms with Gasteiger partial charge in [-0.15, -0.1) is 0 Å². The maximum atomic E-state index is 10.3. The zero-order chi connectivity index (χ0) is 8.10. The van der Waals surface area contributed by atoms with Crippen LogP contribution in [0.4, 0.5) is 0 Å². The fourth-order valence-electron chi connectivity index (χ4n) is 0.617.